The molecule has 0 aliphatic heterocycles. The molecule has 0 fully saturated rings. The van der Waals surface area contributed by atoms with E-state index in [1.165, 1.54) is 0 Å². The molecule has 5 unspecified atom stereocenters. The highest BCUT2D eigenvalue weighted by Crippen LogP contribution is 2.09. The second kappa shape index (κ2) is 16.3. The molecule has 4 amide bonds. The molecule has 0 saturated heterocycles. The molecule has 0 aromatic rings. The second-order valence-electron chi connectivity index (χ2n) is 9.18. The zero-order valence-electron chi connectivity index (χ0n) is 21.5. The van der Waals surface area contributed by atoms with Crippen molar-refractivity contribution in [1.29, 1.82) is 0 Å². The number of nitrogens with zero attached hydrogens (tertiary/aromatic N) is 1. The van der Waals surface area contributed by atoms with Crippen LogP contribution in [0.3, 0.4) is 0 Å². The summed E-state index contributed by atoms with van der Waals surface area (Å²) in [5.74, 6) is -4.69. The van der Waals surface area contributed by atoms with Crippen LogP contribution in [0.4, 0.5) is 0 Å². The normalized spacial score (nSPS) is 15.1. The van der Waals surface area contributed by atoms with Crippen LogP contribution in [-0.4, -0.2) is 71.4 Å². The summed E-state index contributed by atoms with van der Waals surface area (Å²) in [7, 11) is 0. The molecule has 0 spiro atoms. The van der Waals surface area contributed by atoms with Gasteiger partial charge in [0.15, 0.2) is 5.96 Å². The molecule has 14 heteroatoms. The van der Waals surface area contributed by atoms with Crippen LogP contribution in [0.1, 0.15) is 59.8 Å². The highest BCUT2D eigenvalue weighted by atomic mass is 16.4. The number of hydrogen-bond acceptors (Lipinski definition) is 7. The van der Waals surface area contributed by atoms with Crippen molar-refractivity contribution in [3.63, 3.8) is 0 Å². The minimum absolute atomic E-state index is 0.0220. The standard InChI is InChI=1S/C22H42N8O6/c1-5-12(4)17(24)20(34)29-14(10-16(23)31)19(33)28-13(7-6-8-27-22(25)26)18(32)30-15(21(35)36)9-11(2)3/h11-15,17H,5-10,24H2,1-4H3,(H2,23,31)(H,28,33)(H,29,34)(H,30,32)(H,35,36)(H4,25,26,27). The summed E-state index contributed by atoms with van der Waals surface area (Å²) in [5.41, 5.74) is 21.8. The SMILES string of the molecule is CCC(C)C(N)C(=O)NC(CC(N)=O)C(=O)NC(CCCN=C(N)N)C(=O)NC(CC(C)C)C(=O)O. The summed E-state index contributed by atoms with van der Waals surface area (Å²) in [4.78, 5) is 65.4. The monoisotopic (exact) mass is 514 g/mol. The number of nitrogens with two attached hydrogens (primary N) is 4. The summed E-state index contributed by atoms with van der Waals surface area (Å²) >= 11 is 0. The number of nitrogens with one attached hydrogen (secondary N) is 3. The molecule has 0 bridgehead atoms. The third-order valence-corrected chi connectivity index (χ3v) is 5.50. The summed E-state index contributed by atoms with van der Waals surface area (Å²) in [6.45, 7) is 7.37. The van der Waals surface area contributed by atoms with Gasteiger partial charge in [-0.25, -0.2) is 4.79 Å². The number of carboxylic acids is 1. The third-order valence-electron chi connectivity index (χ3n) is 5.50. The van der Waals surface area contributed by atoms with Gasteiger partial charge in [0.05, 0.1) is 12.5 Å². The van der Waals surface area contributed by atoms with Gasteiger partial charge in [-0.2, -0.15) is 0 Å². The predicted octanol–water partition coefficient (Wildman–Crippen LogP) is -2.13. The highest BCUT2D eigenvalue weighted by Gasteiger charge is 2.31. The Labute approximate surface area is 211 Å². The predicted molar refractivity (Wildman–Crippen MR) is 134 cm³/mol. The van der Waals surface area contributed by atoms with E-state index in [0.717, 1.165) is 0 Å². The molecule has 0 aromatic heterocycles. The quantitative estimate of drug-likeness (QED) is 0.0598. The molecule has 0 rings (SSSR count). The van der Waals surface area contributed by atoms with Gasteiger partial charge in [-0.15, -0.1) is 0 Å². The first kappa shape index (κ1) is 32.6. The molecule has 5 atom stereocenters. The molecule has 0 radical (unpaired) electrons. The van der Waals surface area contributed by atoms with Crippen LogP contribution in [0.2, 0.25) is 0 Å². The number of carbonyl (C=O) groups is 5. The highest BCUT2D eigenvalue weighted by molar-refractivity contribution is 5.96. The maximum Gasteiger partial charge on any atom is 0.326 e. The topological polar surface area (TPSA) is 258 Å². The first-order chi connectivity index (χ1) is 16.7. The molecule has 0 saturated carbocycles. The minimum Gasteiger partial charge on any atom is -0.480 e. The van der Waals surface area contributed by atoms with Gasteiger partial charge in [0.25, 0.3) is 0 Å². The van der Waals surface area contributed by atoms with Crippen molar-refractivity contribution in [2.24, 2.45) is 39.8 Å². The smallest absolute Gasteiger partial charge is 0.326 e. The molecule has 0 aliphatic rings. The Bertz CT molecular complexity index is 799. The Hall–Kier alpha value is -3.42. The van der Waals surface area contributed by atoms with Gasteiger partial charge in [-0.1, -0.05) is 34.1 Å². The number of hydrogen-bond donors (Lipinski definition) is 8. The largest absolute Gasteiger partial charge is 0.480 e. The number of guanidine groups is 1. The molecule has 14 nitrogen and oxygen atoms in total. The fourth-order valence-corrected chi connectivity index (χ4v) is 3.20. The van der Waals surface area contributed by atoms with Crippen molar-refractivity contribution < 1.29 is 29.1 Å². The Morgan fingerprint density at radius 1 is 0.861 bits per heavy atom. The summed E-state index contributed by atoms with van der Waals surface area (Å²) < 4.78 is 0. The fourth-order valence-electron chi connectivity index (χ4n) is 3.20. The number of aliphatic carboxylic acids is 1. The Morgan fingerprint density at radius 3 is 1.86 bits per heavy atom. The maximum atomic E-state index is 13.0. The molecular formula is C22H42N8O6. The van der Waals surface area contributed by atoms with Gasteiger partial charge in [0.2, 0.25) is 23.6 Å². The first-order valence-electron chi connectivity index (χ1n) is 11.9. The van der Waals surface area contributed by atoms with Crippen molar-refractivity contribution in [3.8, 4) is 0 Å². The lowest BCUT2D eigenvalue weighted by Crippen LogP contribution is -2.58. The van der Waals surface area contributed by atoms with Gasteiger partial charge in [-0.05, 0) is 31.1 Å². The number of rotatable bonds is 17. The van der Waals surface area contributed by atoms with E-state index in [2.05, 4.69) is 20.9 Å². The lowest BCUT2D eigenvalue weighted by atomic mass is 9.98. The second-order valence-corrected chi connectivity index (χ2v) is 9.18. The number of carboxylic acid groups (broad SMARTS) is 1. The van der Waals surface area contributed by atoms with E-state index in [9.17, 15) is 29.1 Å². The van der Waals surface area contributed by atoms with E-state index in [1.807, 2.05) is 6.92 Å². The van der Waals surface area contributed by atoms with Crippen LogP contribution in [-0.2, 0) is 24.0 Å². The van der Waals surface area contributed by atoms with Crippen molar-refractivity contribution in [1.82, 2.24) is 16.0 Å². The van der Waals surface area contributed by atoms with E-state index in [0.29, 0.717) is 6.42 Å². The summed E-state index contributed by atoms with van der Waals surface area (Å²) in [6, 6.07) is -4.69. The average Bonchev–Trinajstić information content (AvgIpc) is 2.77. The van der Waals surface area contributed by atoms with Crippen LogP contribution in [0.25, 0.3) is 0 Å². The zero-order chi connectivity index (χ0) is 28.0. The van der Waals surface area contributed by atoms with Gasteiger partial charge in [0, 0.05) is 6.54 Å². The van der Waals surface area contributed by atoms with Crippen LogP contribution >= 0.6 is 0 Å². The minimum atomic E-state index is -1.39. The maximum absolute atomic E-state index is 13.0. The van der Waals surface area contributed by atoms with Gasteiger partial charge in [0.1, 0.15) is 18.1 Å². The fraction of sp³-hybridized carbons (Fsp3) is 0.727. The Morgan fingerprint density at radius 2 is 1.39 bits per heavy atom. The van der Waals surface area contributed by atoms with Crippen molar-refractivity contribution >= 4 is 35.6 Å². The zero-order valence-corrected chi connectivity index (χ0v) is 21.5. The van der Waals surface area contributed by atoms with Crippen LogP contribution < -0.4 is 38.9 Å². The van der Waals surface area contributed by atoms with E-state index in [-0.39, 0.29) is 43.6 Å². The lowest BCUT2D eigenvalue weighted by Gasteiger charge is -2.26. The number of carbonyl (C=O) groups excluding carboxylic acids is 4. The van der Waals surface area contributed by atoms with Gasteiger partial charge < -0.3 is 44.0 Å². The molecular weight excluding hydrogens is 472 g/mol. The molecule has 0 heterocycles. The van der Waals surface area contributed by atoms with Gasteiger partial charge >= 0.3 is 5.97 Å². The molecule has 12 N–H and O–H groups in total. The van der Waals surface area contributed by atoms with E-state index < -0.39 is 60.2 Å². The van der Waals surface area contributed by atoms with E-state index >= 15 is 0 Å². The van der Waals surface area contributed by atoms with E-state index in [4.69, 9.17) is 22.9 Å². The van der Waals surface area contributed by atoms with Crippen LogP contribution in [0.5, 0.6) is 0 Å². The Balaban J connectivity index is 5.69. The Kier molecular flexibility index (Phi) is 14.7. The molecule has 0 aromatic carbocycles. The van der Waals surface area contributed by atoms with Gasteiger partial charge in [-0.3, -0.25) is 24.2 Å². The van der Waals surface area contributed by atoms with E-state index in [1.54, 1.807) is 20.8 Å². The van der Waals surface area contributed by atoms with Crippen molar-refractivity contribution in [3.05, 3.63) is 0 Å². The third kappa shape index (κ3) is 12.9. The summed E-state index contributed by atoms with van der Waals surface area (Å²) in [6.07, 6.45) is 0.568. The first-order valence-corrected chi connectivity index (χ1v) is 11.9. The number of aliphatic imine (C=N–C) groups is 1. The lowest BCUT2D eigenvalue weighted by molar-refractivity contribution is -0.143. The van der Waals surface area contributed by atoms with Crippen LogP contribution in [0, 0.1) is 11.8 Å². The van der Waals surface area contributed by atoms with Crippen molar-refractivity contribution in [2.75, 3.05) is 6.54 Å². The molecule has 36 heavy (non-hydrogen) atoms. The molecule has 0 aliphatic carbocycles. The average molecular weight is 515 g/mol. The van der Waals surface area contributed by atoms with Crippen LogP contribution in [0.15, 0.2) is 4.99 Å². The number of amides is 4. The van der Waals surface area contributed by atoms with Crippen molar-refractivity contribution in [2.45, 2.75) is 84.0 Å². The molecule has 206 valence electrons. The summed E-state index contributed by atoms with van der Waals surface area (Å²) in [5, 5.41) is 16.8. The number of primary amides is 1.